The van der Waals surface area contributed by atoms with Crippen molar-refractivity contribution in [2.24, 2.45) is 5.84 Å². The number of hydrogen-bond donors (Lipinski definition) is 2. The van der Waals surface area contributed by atoms with Crippen LogP contribution in [-0.4, -0.2) is 9.91 Å². The number of hydrogen-bond acceptors (Lipinski definition) is 5. The van der Waals surface area contributed by atoms with Gasteiger partial charge in [-0.25, -0.2) is 10.8 Å². The van der Waals surface area contributed by atoms with Crippen molar-refractivity contribution in [3.05, 3.63) is 39.4 Å². The summed E-state index contributed by atoms with van der Waals surface area (Å²) in [6.07, 6.45) is 1.84. The summed E-state index contributed by atoms with van der Waals surface area (Å²) >= 11 is 0. The Bertz CT molecular complexity index is 640. The first-order valence-corrected chi connectivity index (χ1v) is 6.12. The number of rotatable bonds is 4. The Morgan fingerprint density at radius 2 is 2.21 bits per heavy atom. The Labute approximate surface area is 110 Å². The standard InChI is InChI=1S/C13H16N4O2/c1-3-4-10-7-9-5-6-11(17(18)19)8(2)12(9)15-13(10)16-14/h5-7H,3-4,14H2,1-2H3,(H,15,16). The van der Waals surface area contributed by atoms with Crippen molar-refractivity contribution < 1.29 is 4.92 Å². The Hall–Kier alpha value is -2.21. The summed E-state index contributed by atoms with van der Waals surface area (Å²) in [5.41, 5.74) is 4.83. The van der Waals surface area contributed by atoms with Crippen LogP contribution in [0.2, 0.25) is 0 Å². The van der Waals surface area contributed by atoms with E-state index in [4.69, 9.17) is 5.84 Å². The number of nitrogens with two attached hydrogens (primary N) is 1. The lowest BCUT2D eigenvalue weighted by Crippen LogP contribution is -2.11. The van der Waals surface area contributed by atoms with Gasteiger partial charge in [0.05, 0.1) is 16.0 Å². The summed E-state index contributed by atoms with van der Waals surface area (Å²) in [6.45, 7) is 3.78. The fourth-order valence-electron chi connectivity index (χ4n) is 2.20. The minimum Gasteiger partial charge on any atom is -0.308 e. The van der Waals surface area contributed by atoms with Crippen molar-refractivity contribution in [1.29, 1.82) is 0 Å². The molecule has 2 rings (SSSR count). The summed E-state index contributed by atoms with van der Waals surface area (Å²) in [7, 11) is 0. The number of anilines is 1. The molecule has 3 N–H and O–H groups in total. The minimum absolute atomic E-state index is 0.0752. The molecule has 0 radical (unpaired) electrons. The number of benzene rings is 1. The van der Waals surface area contributed by atoms with E-state index >= 15 is 0 Å². The van der Waals surface area contributed by atoms with Crippen molar-refractivity contribution in [2.75, 3.05) is 5.43 Å². The van der Waals surface area contributed by atoms with Gasteiger partial charge in [-0.1, -0.05) is 13.3 Å². The topological polar surface area (TPSA) is 94.1 Å². The zero-order valence-corrected chi connectivity index (χ0v) is 10.9. The van der Waals surface area contributed by atoms with E-state index in [1.165, 1.54) is 6.07 Å². The summed E-state index contributed by atoms with van der Waals surface area (Å²) in [5.74, 6) is 6.05. The molecule has 100 valence electrons. The number of nitro groups is 1. The van der Waals surface area contributed by atoms with Gasteiger partial charge in [0, 0.05) is 11.5 Å². The predicted octanol–water partition coefficient (Wildman–Crippen LogP) is 2.69. The average Bonchev–Trinajstić information content (AvgIpc) is 2.38. The summed E-state index contributed by atoms with van der Waals surface area (Å²) in [6, 6.07) is 5.23. The van der Waals surface area contributed by atoms with Crippen LogP contribution in [0.25, 0.3) is 10.9 Å². The Morgan fingerprint density at radius 3 is 2.79 bits per heavy atom. The quantitative estimate of drug-likeness (QED) is 0.500. The van der Waals surface area contributed by atoms with Gasteiger partial charge in [0.15, 0.2) is 0 Å². The van der Waals surface area contributed by atoms with Crippen LogP contribution in [0.5, 0.6) is 0 Å². The van der Waals surface area contributed by atoms with Gasteiger partial charge in [-0.2, -0.15) is 0 Å². The van der Waals surface area contributed by atoms with E-state index in [0.717, 1.165) is 23.8 Å². The number of aromatic nitrogens is 1. The number of nitrogens with one attached hydrogen (secondary N) is 1. The highest BCUT2D eigenvalue weighted by molar-refractivity contribution is 5.87. The van der Waals surface area contributed by atoms with Crippen molar-refractivity contribution >= 4 is 22.4 Å². The smallest absolute Gasteiger partial charge is 0.274 e. The molecule has 0 unspecified atom stereocenters. The molecule has 1 aromatic heterocycles. The second kappa shape index (κ2) is 5.19. The molecule has 6 nitrogen and oxygen atoms in total. The molecule has 19 heavy (non-hydrogen) atoms. The van der Waals surface area contributed by atoms with Gasteiger partial charge in [0.25, 0.3) is 5.69 Å². The third-order valence-corrected chi connectivity index (χ3v) is 3.14. The van der Waals surface area contributed by atoms with Gasteiger partial charge in [0.1, 0.15) is 5.82 Å². The molecule has 0 aliphatic heterocycles. The second-order valence-electron chi connectivity index (χ2n) is 4.43. The lowest BCUT2D eigenvalue weighted by atomic mass is 10.0. The van der Waals surface area contributed by atoms with E-state index in [1.54, 1.807) is 13.0 Å². The Kier molecular flexibility index (Phi) is 3.62. The van der Waals surface area contributed by atoms with Crippen molar-refractivity contribution in [2.45, 2.75) is 26.7 Å². The number of nitrogen functional groups attached to an aromatic ring is 1. The van der Waals surface area contributed by atoms with E-state index in [9.17, 15) is 10.1 Å². The van der Waals surface area contributed by atoms with E-state index < -0.39 is 4.92 Å². The SMILES string of the molecule is CCCc1cc2ccc([N+](=O)[O-])c(C)c2nc1NN. The zero-order valence-electron chi connectivity index (χ0n) is 10.9. The van der Waals surface area contributed by atoms with Gasteiger partial charge in [0.2, 0.25) is 0 Å². The molecular weight excluding hydrogens is 244 g/mol. The fourth-order valence-corrected chi connectivity index (χ4v) is 2.20. The molecule has 0 saturated carbocycles. The first kappa shape index (κ1) is 13.2. The molecular formula is C13H16N4O2. The minimum atomic E-state index is -0.397. The van der Waals surface area contributed by atoms with Crippen LogP contribution in [0, 0.1) is 17.0 Å². The molecule has 0 saturated heterocycles. The Balaban J connectivity index is 2.70. The monoisotopic (exact) mass is 260 g/mol. The summed E-state index contributed by atoms with van der Waals surface area (Å²) in [4.78, 5) is 14.9. The maximum atomic E-state index is 10.9. The maximum absolute atomic E-state index is 10.9. The van der Waals surface area contributed by atoms with Crippen LogP contribution >= 0.6 is 0 Å². The first-order chi connectivity index (χ1) is 9.08. The normalized spacial score (nSPS) is 10.7. The van der Waals surface area contributed by atoms with E-state index in [1.807, 2.05) is 6.07 Å². The maximum Gasteiger partial charge on any atom is 0.274 e. The largest absolute Gasteiger partial charge is 0.308 e. The van der Waals surface area contributed by atoms with Gasteiger partial charge >= 0.3 is 0 Å². The number of fused-ring (bicyclic) bond motifs is 1. The summed E-state index contributed by atoms with van der Waals surface area (Å²) in [5, 5.41) is 11.8. The van der Waals surface area contributed by atoms with E-state index in [2.05, 4.69) is 17.3 Å². The highest BCUT2D eigenvalue weighted by atomic mass is 16.6. The highest BCUT2D eigenvalue weighted by Crippen LogP contribution is 2.29. The fraction of sp³-hybridized carbons (Fsp3) is 0.308. The number of aryl methyl sites for hydroxylation is 2. The molecule has 0 aliphatic rings. The molecule has 0 atom stereocenters. The molecule has 1 heterocycles. The molecule has 0 spiro atoms. The van der Waals surface area contributed by atoms with Crippen molar-refractivity contribution in [3.63, 3.8) is 0 Å². The number of nitrogens with zero attached hydrogens (tertiary/aromatic N) is 2. The lowest BCUT2D eigenvalue weighted by molar-refractivity contribution is -0.385. The molecule has 0 amide bonds. The van der Waals surface area contributed by atoms with Crippen molar-refractivity contribution in [1.82, 2.24) is 4.98 Å². The van der Waals surface area contributed by atoms with Crippen LogP contribution in [0.1, 0.15) is 24.5 Å². The summed E-state index contributed by atoms with van der Waals surface area (Å²) < 4.78 is 0. The molecule has 1 aromatic carbocycles. The van der Waals surface area contributed by atoms with Gasteiger partial charge in [-0.3, -0.25) is 10.1 Å². The zero-order chi connectivity index (χ0) is 14.0. The van der Waals surface area contributed by atoms with Crippen LogP contribution in [-0.2, 0) is 6.42 Å². The van der Waals surface area contributed by atoms with Gasteiger partial charge in [-0.15, -0.1) is 0 Å². The van der Waals surface area contributed by atoms with Crippen LogP contribution in [0.15, 0.2) is 18.2 Å². The molecule has 0 fully saturated rings. The Morgan fingerprint density at radius 1 is 1.47 bits per heavy atom. The van der Waals surface area contributed by atoms with E-state index in [-0.39, 0.29) is 5.69 Å². The molecule has 0 bridgehead atoms. The number of hydrazine groups is 1. The predicted molar refractivity (Wildman–Crippen MR) is 74.9 cm³/mol. The van der Waals surface area contributed by atoms with Gasteiger partial charge < -0.3 is 5.43 Å². The van der Waals surface area contributed by atoms with Crippen LogP contribution in [0.4, 0.5) is 11.5 Å². The van der Waals surface area contributed by atoms with E-state index in [0.29, 0.717) is 16.9 Å². The van der Waals surface area contributed by atoms with Gasteiger partial charge in [-0.05, 0) is 31.0 Å². The molecule has 2 aromatic rings. The number of pyridine rings is 1. The first-order valence-electron chi connectivity index (χ1n) is 6.12. The second-order valence-corrected chi connectivity index (χ2v) is 4.43. The molecule has 6 heteroatoms. The highest BCUT2D eigenvalue weighted by Gasteiger charge is 2.15. The number of nitro benzene ring substituents is 1. The van der Waals surface area contributed by atoms with Crippen LogP contribution < -0.4 is 11.3 Å². The third kappa shape index (κ3) is 2.34. The molecule has 0 aliphatic carbocycles. The van der Waals surface area contributed by atoms with Crippen molar-refractivity contribution in [3.8, 4) is 0 Å². The van der Waals surface area contributed by atoms with Crippen LogP contribution in [0.3, 0.4) is 0 Å². The average molecular weight is 260 g/mol. The lowest BCUT2D eigenvalue weighted by Gasteiger charge is -2.10. The third-order valence-electron chi connectivity index (χ3n) is 3.14.